The van der Waals surface area contributed by atoms with E-state index < -0.39 is 0 Å². The molecule has 0 atom stereocenters. The number of hydrogen-bond acceptors (Lipinski definition) is 3. The number of carbonyl (C=O) groups is 1. The third-order valence-corrected chi connectivity index (χ3v) is 5.42. The molecule has 0 radical (unpaired) electrons. The minimum Gasteiger partial charge on any atom is -0.367 e. The number of nitrogens with zero attached hydrogens (tertiary/aromatic N) is 2. The van der Waals surface area contributed by atoms with E-state index in [2.05, 4.69) is 59.1 Å². The Kier molecular flexibility index (Phi) is 6.91. The minimum absolute atomic E-state index is 0.201. The van der Waals surface area contributed by atoms with Crippen molar-refractivity contribution in [3.05, 3.63) is 76.8 Å². The topological polar surface area (TPSA) is 57.3 Å². The van der Waals surface area contributed by atoms with Crippen LogP contribution >= 0.6 is 0 Å². The molecule has 3 rings (SSSR count). The van der Waals surface area contributed by atoms with Crippen LogP contribution in [-0.4, -0.2) is 28.5 Å². The zero-order valence-corrected chi connectivity index (χ0v) is 17.8. The molecule has 5 heteroatoms. The lowest BCUT2D eigenvalue weighted by atomic mass is 10.1. The number of urea groups is 1. The van der Waals surface area contributed by atoms with Gasteiger partial charge in [0.05, 0.1) is 6.54 Å². The van der Waals surface area contributed by atoms with Gasteiger partial charge in [0.15, 0.2) is 0 Å². The smallest absolute Gasteiger partial charge is 0.315 e. The van der Waals surface area contributed by atoms with E-state index in [9.17, 15) is 4.79 Å². The van der Waals surface area contributed by atoms with Crippen molar-refractivity contribution in [1.29, 1.82) is 0 Å². The summed E-state index contributed by atoms with van der Waals surface area (Å²) in [7, 11) is 0. The molecule has 1 aromatic heterocycles. The molecule has 2 aromatic rings. The third-order valence-electron chi connectivity index (χ3n) is 5.42. The van der Waals surface area contributed by atoms with E-state index in [4.69, 9.17) is 0 Å². The van der Waals surface area contributed by atoms with E-state index in [0.717, 1.165) is 23.5 Å². The average molecular weight is 393 g/mol. The lowest BCUT2D eigenvalue weighted by Crippen LogP contribution is -2.40. The van der Waals surface area contributed by atoms with E-state index in [1.807, 2.05) is 19.1 Å². The molecular formula is C24H32N4O. The van der Waals surface area contributed by atoms with Crippen molar-refractivity contribution in [3.8, 4) is 0 Å². The van der Waals surface area contributed by atoms with Crippen molar-refractivity contribution >= 4 is 6.03 Å². The molecule has 0 spiro atoms. The number of amides is 2. The summed E-state index contributed by atoms with van der Waals surface area (Å²) in [4.78, 5) is 18.7. The van der Waals surface area contributed by atoms with Crippen molar-refractivity contribution in [3.63, 3.8) is 0 Å². The van der Waals surface area contributed by atoms with E-state index in [0.29, 0.717) is 19.1 Å². The number of rotatable bonds is 8. The van der Waals surface area contributed by atoms with Crippen molar-refractivity contribution in [1.82, 2.24) is 20.5 Å². The Labute approximate surface area is 174 Å². The van der Waals surface area contributed by atoms with Crippen LogP contribution in [0, 0.1) is 6.92 Å². The Morgan fingerprint density at radius 2 is 1.90 bits per heavy atom. The normalized spacial score (nSPS) is 12.6. The second-order valence-electron chi connectivity index (χ2n) is 8.09. The average Bonchev–Trinajstić information content (AvgIpc) is 3.17. The SMILES string of the molecule is C=C(CNC(=O)NCc1ccc(C)nc1)N(Cc1ccc2c(c1)CCC2)C(C)C. The molecule has 2 N–H and O–H groups in total. The standard InChI is InChI=1S/C24H32N4O/c1-17(2)28(16-20-10-11-22-6-5-7-23(22)12-20)19(4)13-26-24(29)27-15-21-9-8-18(3)25-14-21/h8-12,14,17H,4-7,13,15-16H2,1-3H3,(H2,26,27,29). The molecule has 0 aliphatic heterocycles. The molecule has 1 aliphatic carbocycles. The van der Waals surface area contributed by atoms with Crippen molar-refractivity contribution in [2.24, 2.45) is 0 Å². The van der Waals surface area contributed by atoms with Crippen LogP contribution in [0.4, 0.5) is 4.79 Å². The first kappa shape index (κ1) is 20.9. The zero-order valence-electron chi connectivity index (χ0n) is 17.8. The molecule has 0 unspecified atom stereocenters. The second kappa shape index (κ2) is 9.59. The summed E-state index contributed by atoms with van der Waals surface area (Å²) in [5, 5.41) is 5.79. The number of carbonyl (C=O) groups excluding carboxylic acids is 1. The van der Waals surface area contributed by atoms with Crippen LogP contribution in [0.1, 0.15) is 48.2 Å². The van der Waals surface area contributed by atoms with Crippen LogP contribution in [0.5, 0.6) is 0 Å². The number of fused-ring (bicyclic) bond motifs is 1. The van der Waals surface area contributed by atoms with Crippen LogP contribution in [0.25, 0.3) is 0 Å². The number of pyridine rings is 1. The van der Waals surface area contributed by atoms with Gasteiger partial charge in [-0.2, -0.15) is 0 Å². The zero-order chi connectivity index (χ0) is 20.8. The molecule has 2 amide bonds. The molecule has 154 valence electrons. The number of aromatic nitrogens is 1. The summed E-state index contributed by atoms with van der Waals surface area (Å²) in [5.74, 6) is 0. The van der Waals surface area contributed by atoms with Crippen molar-refractivity contribution in [2.75, 3.05) is 6.54 Å². The number of hydrogen-bond donors (Lipinski definition) is 2. The Morgan fingerprint density at radius 1 is 1.14 bits per heavy atom. The van der Waals surface area contributed by atoms with Gasteiger partial charge in [0.25, 0.3) is 0 Å². The fourth-order valence-corrected chi connectivity index (χ4v) is 3.71. The molecule has 1 aromatic carbocycles. The van der Waals surface area contributed by atoms with Gasteiger partial charge in [-0.25, -0.2) is 4.79 Å². The van der Waals surface area contributed by atoms with Gasteiger partial charge >= 0.3 is 6.03 Å². The van der Waals surface area contributed by atoms with E-state index >= 15 is 0 Å². The molecule has 0 bridgehead atoms. The first-order chi connectivity index (χ1) is 13.9. The lowest BCUT2D eigenvalue weighted by molar-refractivity contribution is 0.236. The van der Waals surface area contributed by atoms with E-state index in [1.165, 1.54) is 36.0 Å². The number of aryl methyl sites for hydroxylation is 3. The monoisotopic (exact) mass is 392 g/mol. The van der Waals surface area contributed by atoms with Crippen LogP contribution in [0.3, 0.4) is 0 Å². The van der Waals surface area contributed by atoms with Gasteiger partial charge in [0.2, 0.25) is 0 Å². The summed E-state index contributed by atoms with van der Waals surface area (Å²) in [6.45, 7) is 12.2. The summed E-state index contributed by atoms with van der Waals surface area (Å²) >= 11 is 0. The Bertz CT molecular complexity index is 858. The molecule has 29 heavy (non-hydrogen) atoms. The number of benzene rings is 1. The Hall–Kier alpha value is -2.82. The van der Waals surface area contributed by atoms with Gasteiger partial charge in [0, 0.05) is 36.7 Å². The molecule has 0 saturated heterocycles. The fourth-order valence-electron chi connectivity index (χ4n) is 3.71. The van der Waals surface area contributed by atoms with Gasteiger partial charge in [-0.15, -0.1) is 0 Å². The van der Waals surface area contributed by atoms with Crippen LogP contribution in [-0.2, 0) is 25.9 Å². The van der Waals surface area contributed by atoms with E-state index in [1.54, 1.807) is 6.20 Å². The summed E-state index contributed by atoms with van der Waals surface area (Å²) in [6.07, 6.45) is 5.43. The molecule has 1 aliphatic rings. The Balaban J connectivity index is 1.50. The van der Waals surface area contributed by atoms with Gasteiger partial charge < -0.3 is 15.5 Å². The number of nitrogens with one attached hydrogen (secondary N) is 2. The quantitative estimate of drug-likeness (QED) is 0.711. The van der Waals surface area contributed by atoms with Crippen LogP contribution in [0.15, 0.2) is 48.8 Å². The maximum absolute atomic E-state index is 12.2. The molecule has 5 nitrogen and oxygen atoms in total. The Morgan fingerprint density at radius 3 is 2.62 bits per heavy atom. The summed E-state index contributed by atoms with van der Waals surface area (Å²) in [5.41, 5.74) is 7.13. The molecule has 1 heterocycles. The molecule has 0 fully saturated rings. The predicted molar refractivity (Wildman–Crippen MR) is 117 cm³/mol. The van der Waals surface area contributed by atoms with Gasteiger partial charge in [-0.3, -0.25) is 4.98 Å². The first-order valence-corrected chi connectivity index (χ1v) is 10.4. The van der Waals surface area contributed by atoms with Crippen LogP contribution < -0.4 is 10.6 Å². The third kappa shape index (κ3) is 5.83. The van der Waals surface area contributed by atoms with Crippen molar-refractivity contribution in [2.45, 2.75) is 59.2 Å². The lowest BCUT2D eigenvalue weighted by Gasteiger charge is -2.31. The van der Waals surface area contributed by atoms with Crippen molar-refractivity contribution < 1.29 is 4.79 Å². The highest BCUT2D eigenvalue weighted by atomic mass is 16.2. The molecule has 0 saturated carbocycles. The first-order valence-electron chi connectivity index (χ1n) is 10.4. The molecular weight excluding hydrogens is 360 g/mol. The van der Waals surface area contributed by atoms with Gasteiger partial charge in [-0.05, 0) is 68.4 Å². The largest absolute Gasteiger partial charge is 0.367 e. The predicted octanol–water partition coefficient (Wildman–Crippen LogP) is 4.10. The summed E-state index contributed by atoms with van der Waals surface area (Å²) in [6, 6.07) is 10.8. The maximum Gasteiger partial charge on any atom is 0.315 e. The maximum atomic E-state index is 12.2. The van der Waals surface area contributed by atoms with Crippen LogP contribution in [0.2, 0.25) is 0 Å². The van der Waals surface area contributed by atoms with E-state index in [-0.39, 0.29) is 6.03 Å². The van der Waals surface area contributed by atoms with Gasteiger partial charge in [0.1, 0.15) is 0 Å². The highest BCUT2D eigenvalue weighted by Gasteiger charge is 2.16. The fraction of sp³-hybridized carbons (Fsp3) is 0.417. The summed E-state index contributed by atoms with van der Waals surface area (Å²) < 4.78 is 0. The minimum atomic E-state index is -0.201. The highest BCUT2D eigenvalue weighted by Crippen LogP contribution is 2.24. The highest BCUT2D eigenvalue weighted by molar-refractivity contribution is 5.74. The second-order valence-corrected chi connectivity index (χ2v) is 8.09. The van der Waals surface area contributed by atoms with Gasteiger partial charge in [-0.1, -0.05) is 30.8 Å².